The normalized spacial score (nSPS) is 17.5. The predicted molar refractivity (Wildman–Crippen MR) is 132 cm³/mol. The summed E-state index contributed by atoms with van der Waals surface area (Å²) in [5, 5.41) is 3.14. The SMILES string of the molecule is Cc1nc(N[C@H](C)c2cccc(C(C)F)c2F)c2cc(S(=O)(=O)C3CCN(C)CC3)c(C)nc2n1. The number of benzene rings is 1. The molecule has 1 N–H and O–H groups in total. The average molecular weight is 504 g/mol. The van der Waals surface area contributed by atoms with Crippen LogP contribution in [-0.2, 0) is 9.84 Å². The van der Waals surface area contributed by atoms with Gasteiger partial charge in [-0.15, -0.1) is 0 Å². The van der Waals surface area contributed by atoms with Crippen molar-refractivity contribution in [3.63, 3.8) is 0 Å². The molecule has 2 atom stereocenters. The smallest absolute Gasteiger partial charge is 0.183 e. The number of hydrogen-bond acceptors (Lipinski definition) is 7. The third-order valence-electron chi connectivity index (χ3n) is 6.66. The maximum absolute atomic E-state index is 15.0. The maximum atomic E-state index is 15.0. The highest BCUT2D eigenvalue weighted by Crippen LogP contribution is 2.32. The van der Waals surface area contributed by atoms with Gasteiger partial charge in [0.05, 0.1) is 27.3 Å². The zero-order valence-electron chi connectivity index (χ0n) is 20.6. The summed E-state index contributed by atoms with van der Waals surface area (Å²) < 4.78 is 55.9. The Morgan fingerprint density at radius 3 is 2.40 bits per heavy atom. The van der Waals surface area contributed by atoms with Crippen LogP contribution in [0.2, 0.25) is 0 Å². The Hall–Kier alpha value is -2.72. The van der Waals surface area contributed by atoms with Gasteiger partial charge >= 0.3 is 0 Å². The molecule has 0 saturated carbocycles. The first kappa shape index (κ1) is 25.4. The lowest BCUT2D eigenvalue weighted by atomic mass is 10.0. The van der Waals surface area contributed by atoms with Crippen molar-refractivity contribution >= 4 is 26.7 Å². The second-order valence-electron chi connectivity index (χ2n) is 9.34. The molecule has 4 rings (SSSR count). The molecule has 2 aromatic heterocycles. The Morgan fingerprint density at radius 2 is 1.74 bits per heavy atom. The van der Waals surface area contributed by atoms with Crippen LogP contribution in [0.15, 0.2) is 29.2 Å². The van der Waals surface area contributed by atoms with Crippen LogP contribution in [0.25, 0.3) is 11.0 Å². The van der Waals surface area contributed by atoms with E-state index in [9.17, 15) is 17.2 Å². The number of pyridine rings is 1. The fourth-order valence-corrected chi connectivity index (χ4v) is 6.53. The van der Waals surface area contributed by atoms with Crippen molar-refractivity contribution in [1.82, 2.24) is 19.9 Å². The number of aryl methyl sites for hydroxylation is 2. The Bertz CT molecular complexity index is 1360. The van der Waals surface area contributed by atoms with Gasteiger partial charge in [-0.3, -0.25) is 0 Å². The number of anilines is 1. The molecule has 1 fully saturated rings. The average Bonchev–Trinajstić information content (AvgIpc) is 2.78. The summed E-state index contributed by atoms with van der Waals surface area (Å²) in [6, 6.07) is 5.64. The zero-order chi connectivity index (χ0) is 25.5. The highest BCUT2D eigenvalue weighted by Gasteiger charge is 2.32. The van der Waals surface area contributed by atoms with Crippen LogP contribution in [0.4, 0.5) is 14.6 Å². The van der Waals surface area contributed by atoms with Crippen molar-refractivity contribution in [2.45, 2.75) is 62.9 Å². The van der Waals surface area contributed by atoms with Crippen molar-refractivity contribution in [3.05, 3.63) is 52.7 Å². The predicted octanol–water partition coefficient (Wildman–Crippen LogP) is 4.85. The van der Waals surface area contributed by atoms with E-state index in [1.807, 2.05) is 7.05 Å². The fraction of sp³-hybridized carbons (Fsp3) is 0.480. The van der Waals surface area contributed by atoms with E-state index in [2.05, 4.69) is 25.2 Å². The highest BCUT2D eigenvalue weighted by atomic mass is 32.2. The minimum absolute atomic E-state index is 0.0105. The van der Waals surface area contributed by atoms with E-state index in [1.165, 1.54) is 13.0 Å². The molecule has 0 amide bonds. The number of alkyl halides is 1. The summed E-state index contributed by atoms with van der Waals surface area (Å²) in [4.78, 5) is 15.7. The van der Waals surface area contributed by atoms with E-state index in [0.29, 0.717) is 41.2 Å². The monoisotopic (exact) mass is 503 g/mol. The molecular formula is C25H31F2N5O2S. The lowest BCUT2D eigenvalue weighted by Crippen LogP contribution is -2.37. The first-order valence-electron chi connectivity index (χ1n) is 11.8. The number of nitrogens with one attached hydrogen (secondary N) is 1. The van der Waals surface area contributed by atoms with Gasteiger partial charge in [-0.2, -0.15) is 0 Å². The molecule has 1 aromatic carbocycles. The van der Waals surface area contributed by atoms with E-state index >= 15 is 0 Å². The first-order chi connectivity index (χ1) is 16.5. The lowest BCUT2D eigenvalue weighted by Gasteiger charge is -2.29. The molecule has 7 nitrogen and oxygen atoms in total. The Labute approximate surface area is 204 Å². The summed E-state index contributed by atoms with van der Waals surface area (Å²) in [6.45, 7) is 7.86. The maximum Gasteiger partial charge on any atom is 0.183 e. The minimum Gasteiger partial charge on any atom is -0.363 e. The standard InChI is InChI=1S/C25H31F2N5O2S/c1-14(26)19-7-6-8-20(23(19)27)15(2)28-24-21-13-22(16(3)29-25(21)31-17(4)30-24)35(33,34)18-9-11-32(5)12-10-18/h6-8,13-15,18H,9-12H2,1-5H3,(H,28,29,30,31)/t14?,15-/m1/s1. The molecule has 0 bridgehead atoms. The number of piperidine rings is 1. The van der Waals surface area contributed by atoms with Gasteiger partial charge in [0.25, 0.3) is 0 Å². The molecular weight excluding hydrogens is 472 g/mol. The molecule has 0 aliphatic carbocycles. The van der Waals surface area contributed by atoms with E-state index in [1.54, 1.807) is 39.0 Å². The van der Waals surface area contributed by atoms with Gasteiger partial charge in [0.2, 0.25) is 0 Å². The fourth-order valence-electron chi connectivity index (χ4n) is 4.60. The van der Waals surface area contributed by atoms with Crippen LogP contribution in [0.3, 0.4) is 0 Å². The number of likely N-dealkylation sites (tertiary alicyclic amines) is 1. The zero-order valence-corrected chi connectivity index (χ0v) is 21.5. The van der Waals surface area contributed by atoms with Gasteiger partial charge < -0.3 is 10.2 Å². The second-order valence-corrected chi connectivity index (χ2v) is 11.5. The van der Waals surface area contributed by atoms with Crippen molar-refractivity contribution < 1.29 is 17.2 Å². The van der Waals surface area contributed by atoms with E-state index in [4.69, 9.17) is 0 Å². The van der Waals surface area contributed by atoms with Gasteiger partial charge in [0, 0.05) is 11.1 Å². The third-order valence-corrected chi connectivity index (χ3v) is 9.04. The summed E-state index contributed by atoms with van der Waals surface area (Å²) in [5.74, 6) is 0.180. The number of rotatable bonds is 6. The van der Waals surface area contributed by atoms with Crippen LogP contribution in [0.5, 0.6) is 0 Å². The molecule has 1 saturated heterocycles. The number of sulfone groups is 1. The first-order valence-corrected chi connectivity index (χ1v) is 13.3. The quantitative estimate of drug-likeness (QED) is 0.514. The lowest BCUT2D eigenvalue weighted by molar-refractivity contribution is 0.277. The minimum atomic E-state index is -3.61. The number of halogens is 2. The van der Waals surface area contributed by atoms with Crippen LogP contribution in [0, 0.1) is 19.7 Å². The number of nitrogens with zero attached hydrogens (tertiary/aromatic N) is 4. The molecule has 3 aromatic rings. The molecule has 10 heteroatoms. The summed E-state index contributed by atoms with van der Waals surface area (Å²) in [7, 11) is -1.63. The molecule has 35 heavy (non-hydrogen) atoms. The van der Waals surface area contributed by atoms with Crippen LogP contribution in [-0.4, -0.2) is 53.7 Å². The van der Waals surface area contributed by atoms with Gasteiger partial charge in [-0.1, -0.05) is 18.2 Å². The topological polar surface area (TPSA) is 88.1 Å². The van der Waals surface area contributed by atoms with Crippen molar-refractivity contribution in [2.24, 2.45) is 0 Å². The Kier molecular flexibility index (Phi) is 7.06. The number of fused-ring (bicyclic) bond motifs is 1. The Morgan fingerprint density at radius 1 is 1.09 bits per heavy atom. The number of aromatic nitrogens is 3. The van der Waals surface area contributed by atoms with Gasteiger partial charge in [-0.05, 0) is 66.7 Å². The second kappa shape index (κ2) is 9.73. The van der Waals surface area contributed by atoms with Crippen molar-refractivity contribution in [1.29, 1.82) is 0 Å². The highest BCUT2D eigenvalue weighted by molar-refractivity contribution is 7.92. The molecule has 3 heterocycles. The number of hydrogen-bond donors (Lipinski definition) is 1. The van der Waals surface area contributed by atoms with Crippen molar-refractivity contribution in [3.8, 4) is 0 Å². The van der Waals surface area contributed by atoms with Crippen LogP contribution < -0.4 is 5.32 Å². The van der Waals surface area contributed by atoms with Crippen molar-refractivity contribution in [2.75, 3.05) is 25.5 Å². The van der Waals surface area contributed by atoms with Gasteiger partial charge in [-0.25, -0.2) is 32.2 Å². The summed E-state index contributed by atoms with van der Waals surface area (Å²) >= 11 is 0. The molecule has 0 radical (unpaired) electrons. The van der Waals surface area contributed by atoms with E-state index in [-0.39, 0.29) is 16.0 Å². The molecule has 1 aliphatic rings. The summed E-state index contributed by atoms with van der Waals surface area (Å²) in [6.07, 6.45) is -0.319. The van der Waals surface area contributed by atoms with Gasteiger partial charge in [0.15, 0.2) is 15.5 Å². The van der Waals surface area contributed by atoms with Crippen LogP contribution >= 0.6 is 0 Å². The molecule has 1 unspecified atom stereocenters. The third kappa shape index (κ3) is 4.99. The van der Waals surface area contributed by atoms with Gasteiger partial charge in [0.1, 0.15) is 23.6 Å². The largest absolute Gasteiger partial charge is 0.363 e. The van der Waals surface area contributed by atoms with E-state index in [0.717, 1.165) is 13.1 Å². The van der Waals surface area contributed by atoms with Crippen LogP contribution in [0.1, 0.15) is 61.5 Å². The van der Waals surface area contributed by atoms with E-state index < -0.39 is 33.1 Å². The Balaban J connectivity index is 1.76. The molecule has 1 aliphatic heterocycles. The summed E-state index contributed by atoms with van der Waals surface area (Å²) in [5.41, 5.74) is 1.03. The molecule has 0 spiro atoms. The molecule has 188 valence electrons.